The summed E-state index contributed by atoms with van der Waals surface area (Å²) in [6, 6.07) is 5.89. The average Bonchev–Trinajstić information content (AvgIpc) is 2.72. The van der Waals surface area contributed by atoms with Crippen LogP contribution in [-0.4, -0.2) is 50.5 Å². The number of nitrogens with zero attached hydrogens (tertiary/aromatic N) is 1. The first-order valence-electron chi connectivity index (χ1n) is 10.3. The molecule has 164 valence electrons. The van der Waals surface area contributed by atoms with E-state index in [1.807, 2.05) is 0 Å². The molecule has 0 N–H and O–H groups in total. The fourth-order valence-electron chi connectivity index (χ4n) is 2.54. The Balaban J connectivity index is 1.86. The van der Waals surface area contributed by atoms with Crippen molar-refractivity contribution in [2.24, 2.45) is 0 Å². The third kappa shape index (κ3) is 13.6. The van der Waals surface area contributed by atoms with Gasteiger partial charge < -0.3 is 18.9 Å². The van der Waals surface area contributed by atoms with Gasteiger partial charge in [0.2, 0.25) is 0 Å². The average molecular weight is 411 g/mol. The number of ether oxygens (including phenoxy) is 4. The van der Waals surface area contributed by atoms with Gasteiger partial charge in [0.1, 0.15) is 19.0 Å². The summed E-state index contributed by atoms with van der Waals surface area (Å²) in [4.78, 5) is 21.7. The summed E-state index contributed by atoms with van der Waals surface area (Å²) >= 11 is 0. The van der Waals surface area contributed by atoms with Gasteiger partial charge in [0.15, 0.2) is 0 Å². The van der Waals surface area contributed by atoms with Gasteiger partial charge in [-0.2, -0.15) is 0 Å². The molecule has 8 nitrogen and oxygen atoms in total. The first-order valence-corrected chi connectivity index (χ1v) is 10.3. The number of hydrogen-bond acceptors (Lipinski definition) is 7. The normalized spacial score (nSPS) is 10.7. The smallest absolute Gasteiger partial charge is 0.305 e. The van der Waals surface area contributed by atoms with Crippen molar-refractivity contribution in [3.8, 4) is 5.75 Å². The second-order valence-electron chi connectivity index (χ2n) is 6.56. The highest BCUT2D eigenvalue weighted by Gasteiger charge is 2.04. The number of nitro benzene ring substituents is 1. The number of unbranched alkanes of at least 4 members (excludes halogenated alkanes) is 5. The summed E-state index contributed by atoms with van der Waals surface area (Å²) in [6.45, 7) is 4.34. The standard InChI is InChI=1S/C21H33NO7/c1-2-3-4-5-6-7-8-21(23)29-18-16-27-14-13-26-15-17-28-20-11-9-19(10-12-20)22(24)25/h9-12H,2-8,13-18H2,1H3. The van der Waals surface area contributed by atoms with Crippen molar-refractivity contribution in [3.63, 3.8) is 0 Å². The van der Waals surface area contributed by atoms with Crippen LogP contribution in [0.25, 0.3) is 0 Å². The molecule has 0 heterocycles. The van der Waals surface area contributed by atoms with Gasteiger partial charge in [-0.25, -0.2) is 0 Å². The summed E-state index contributed by atoms with van der Waals surface area (Å²) in [5.41, 5.74) is 0.0267. The minimum Gasteiger partial charge on any atom is -0.491 e. The predicted molar refractivity (Wildman–Crippen MR) is 109 cm³/mol. The van der Waals surface area contributed by atoms with Gasteiger partial charge in [-0.1, -0.05) is 39.0 Å². The fourth-order valence-corrected chi connectivity index (χ4v) is 2.54. The van der Waals surface area contributed by atoms with Crippen molar-refractivity contribution < 1.29 is 28.7 Å². The van der Waals surface area contributed by atoms with Gasteiger partial charge in [0, 0.05) is 18.6 Å². The molecule has 0 saturated heterocycles. The van der Waals surface area contributed by atoms with Crippen molar-refractivity contribution in [2.75, 3.05) is 39.6 Å². The maximum Gasteiger partial charge on any atom is 0.305 e. The first-order chi connectivity index (χ1) is 14.1. The van der Waals surface area contributed by atoms with Crippen LogP contribution in [-0.2, 0) is 19.0 Å². The number of benzene rings is 1. The number of hydrogen-bond donors (Lipinski definition) is 0. The van der Waals surface area contributed by atoms with E-state index in [0.29, 0.717) is 45.2 Å². The molecule has 0 aromatic heterocycles. The molecule has 0 fully saturated rings. The zero-order valence-corrected chi connectivity index (χ0v) is 17.3. The summed E-state index contributed by atoms with van der Waals surface area (Å²) in [6.07, 6.45) is 7.36. The third-order valence-corrected chi connectivity index (χ3v) is 4.14. The van der Waals surface area contributed by atoms with E-state index in [4.69, 9.17) is 18.9 Å². The molecule has 1 rings (SSSR count). The van der Waals surface area contributed by atoms with Crippen LogP contribution in [0.2, 0.25) is 0 Å². The van der Waals surface area contributed by atoms with Crippen LogP contribution in [0, 0.1) is 10.1 Å². The lowest BCUT2D eigenvalue weighted by molar-refractivity contribution is -0.384. The molecule has 0 aliphatic heterocycles. The van der Waals surface area contributed by atoms with Crippen LogP contribution in [0.5, 0.6) is 5.75 Å². The van der Waals surface area contributed by atoms with E-state index in [1.165, 1.54) is 37.8 Å². The number of carbonyl (C=O) groups excluding carboxylic acids is 1. The van der Waals surface area contributed by atoms with Gasteiger partial charge in [-0.05, 0) is 18.6 Å². The van der Waals surface area contributed by atoms with E-state index >= 15 is 0 Å². The van der Waals surface area contributed by atoms with Gasteiger partial charge in [0.25, 0.3) is 5.69 Å². The molecule has 0 spiro atoms. The maximum atomic E-state index is 11.6. The lowest BCUT2D eigenvalue weighted by Crippen LogP contribution is -2.14. The Morgan fingerprint density at radius 3 is 2.10 bits per heavy atom. The maximum absolute atomic E-state index is 11.6. The highest BCUT2D eigenvalue weighted by Crippen LogP contribution is 2.17. The van der Waals surface area contributed by atoms with Crippen LogP contribution in [0.4, 0.5) is 5.69 Å². The molecule has 1 aromatic carbocycles. The van der Waals surface area contributed by atoms with Crippen molar-refractivity contribution in [1.82, 2.24) is 0 Å². The quantitative estimate of drug-likeness (QED) is 0.154. The minimum absolute atomic E-state index is 0.0267. The molecule has 0 aliphatic rings. The SMILES string of the molecule is CCCCCCCCC(=O)OCCOCCOCCOc1ccc([N+](=O)[O-])cc1. The number of nitro groups is 1. The second-order valence-corrected chi connectivity index (χ2v) is 6.56. The summed E-state index contributed by atoms with van der Waals surface area (Å²) in [5.74, 6) is 0.391. The Hall–Kier alpha value is -2.19. The van der Waals surface area contributed by atoms with Crippen molar-refractivity contribution >= 4 is 11.7 Å². The lowest BCUT2D eigenvalue weighted by Gasteiger charge is -2.08. The Morgan fingerprint density at radius 1 is 0.862 bits per heavy atom. The van der Waals surface area contributed by atoms with E-state index in [2.05, 4.69) is 6.92 Å². The van der Waals surface area contributed by atoms with Gasteiger partial charge >= 0.3 is 5.97 Å². The number of non-ortho nitro benzene ring substituents is 1. The Labute approximate surface area is 172 Å². The van der Waals surface area contributed by atoms with E-state index in [0.717, 1.165) is 12.8 Å². The topological polar surface area (TPSA) is 97.1 Å². The van der Waals surface area contributed by atoms with Gasteiger partial charge in [-0.15, -0.1) is 0 Å². The van der Waals surface area contributed by atoms with Crippen LogP contribution in [0.3, 0.4) is 0 Å². The molecule has 29 heavy (non-hydrogen) atoms. The highest BCUT2D eigenvalue weighted by atomic mass is 16.6. The largest absolute Gasteiger partial charge is 0.491 e. The van der Waals surface area contributed by atoms with Gasteiger partial charge in [-0.3, -0.25) is 14.9 Å². The predicted octanol–water partition coefficient (Wildman–Crippen LogP) is 4.30. The first kappa shape index (κ1) is 24.8. The molecule has 0 aliphatic carbocycles. The van der Waals surface area contributed by atoms with E-state index in [1.54, 1.807) is 12.1 Å². The molecular formula is C21H33NO7. The summed E-state index contributed by atoms with van der Waals surface area (Å²) in [5, 5.41) is 10.6. The van der Waals surface area contributed by atoms with Gasteiger partial charge in [0.05, 0.1) is 31.4 Å². The third-order valence-electron chi connectivity index (χ3n) is 4.14. The Kier molecular flexibility index (Phi) is 14.3. The van der Waals surface area contributed by atoms with E-state index < -0.39 is 4.92 Å². The molecule has 8 heteroatoms. The molecule has 0 radical (unpaired) electrons. The monoisotopic (exact) mass is 411 g/mol. The molecule has 1 aromatic rings. The van der Waals surface area contributed by atoms with Crippen LogP contribution in [0.15, 0.2) is 24.3 Å². The van der Waals surface area contributed by atoms with E-state index in [-0.39, 0.29) is 18.3 Å². The molecular weight excluding hydrogens is 378 g/mol. The summed E-state index contributed by atoms with van der Waals surface area (Å²) < 4.78 is 21.3. The fraction of sp³-hybridized carbons (Fsp3) is 0.667. The van der Waals surface area contributed by atoms with Crippen molar-refractivity contribution in [2.45, 2.75) is 51.9 Å². The lowest BCUT2D eigenvalue weighted by atomic mass is 10.1. The second kappa shape index (κ2) is 16.7. The number of esters is 1. The molecule has 0 unspecified atom stereocenters. The Bertz CT molecular complexity index is 563. The zero-order chi connectivity index (χ0) is 21.2. The Morgan fingerprint density at radius 2 is 1.45 bits per heavy atom. The number of carbonyl (C=O) groups is 1. The van der Waals surface area contributed by atoms with Crippen LogP contribution >= 0.6 is 0 Å². The highest BCUT2D eigenvalue weighted by molar-refractivity contribution is 5.69. The van der Waals surface area contributed by atoms with Crippen LogP contribution in [0.1, 0.15) is 51.9 Å². The minimum atomic E-state index is -0.455. The van der Waals surface area contributed by atoms with Crippen molar-refractivity contribution in [3.05, 3.63) is 34.4 Å². The van der Waals surface area contributed by atoms with Crippen molar-refractivity contribution in [1.29, 1.82) is 0 Å². The molecule has 0 amide bonds. The zero-order valence-electron chi connectivity index (χ0n) is 17.3. The summed E-state index contributed by atoms with van der Waals surface area (Å²) in [7, 11) is 0. The van der Waals surface area contributed by atoms with Crippen LogP contribution < -0.4 is 4.74 Å². The van der Waals surface area contributed by atoms with E-state index in [9.17, 15) is 14.9 Å². The molecule has 0 bridgehead atoms. The number of rotatable bonds is 18. The molecule has 0 saturated carbocycles. The molecule has 0 atom stereocenters.